The molecule has 144 valence electrons. The van der Waals surface area contributed by atoms with Crippen LogP contribution in [0.1, 0.15) is 6.92 Å². The second-order valence-electron chi connectivity index (χ2n) is 5.57. The number of anilines is 1. The zero-order chi connectivity index (χ0) is 19.8. The van der Waals surface area contributed by atoms with E-state index in [4.69, 9.17) is 9.47 Å². The Balaban J connectivity index is 2.01. The first kappa shape index (κ1) is 18.7. The quantitative estimate of drug-likeness (QED) is 0.715. The fourth-order valence-corrected chi connectivity index (χ4v) is 3.79. The van der Waals surface area contributed by atoms with Crippen molar-refractivity contribution >= 4 is 38.5 Å². The highest BCUT2D eigenvalue weighted by Gasteiger charge is 2.37. The van der Waals surface area contributed by atoms with Crippen LogP contribution >= 0.6 is 0 Å². The summed E-state index contributed by atoms with van der Waals surface area (Å²) < 4.78 is 51.0. The number of nitrogens with one attached hydrogen (secondary N) is 1. The molecule has 1 heterocycles. The molecule has 0 unspecified atom stereocenters. The minimum absolute atomic E-state index is 0.0568. The van der Waals surface area contributed by atoms with Crippen molar-refractivity contribution in [3.8, 4) is 11.5 Å². The van der Waals surface area contributed by atoms with Gasteiger partial charge in [-0.1, -0.05) is 6.07 Å². The number of rotatable bonds is 5. The summed E-state index contributed by atoms with van der Waals surface area (Å²) in [4.78, 5) is 22.7. The Labute approximate surface area is 153 Å². The summed E-state index contributed by atoms with van der Waals surface area (Å²) in [6, 6.07) is 5.31. The number of nitrogens with zero attached hydrogens (tertiary/aromatic N) is 1. The zero-order valence-corrected chi connectivity index (χ0v) is 14.9. The molecule has 0 saturated carbocycles. The molecule has 2 aromatic rings. The van der Waals surface area contributed by atoms with Crippen LogP contribution in [0.4, 0.5) is 10.1 Å². The number of amides is 1. The molecule has 3 rings (SSSR count). The van der Waals surface area contributed by atoms with E-state index < -0.39 is 45.9 Å². The summed E-state index contributed by atoms with van der Waals surface area (Å²) >= 11 is 0. The van der Waals surface area contributed by atoms with E-state index in [9.17, 15) is 27.5 Å². The maximum atomic E-state index is 15.0. The first-order chi connectivity index (χ1) is 12.7. The van der Waals surface area contributed by atoms with Crippen molar-refractivity contribution in [1.82, 2.24) is 4.72 Å². The molecule has 0 aromatic heterocycles. The van der Waals surface area contributed by atoms with Crippen molar-refractivity contribution in [2.45, 2.75) is 6.92 Å². The molecule has 0 atom stereocenters. The number of esters is 1. The smallest absolute Gasteiger partial charge is 0.344 e. The van der Waals surface area contributed by atoms with E-state index in [1.54, 1.807) is 11.6 Å². The molecule has 9 nitrogen and oxygen atoms in total. The Morgan fingerprint density at radius 1 is 1.37 bits per heavy atom. The lowest BCUT2D eigenvalue weighted by molar-refractivity contribution is -0.145. The van der Waals surface area contributed by atoms with E-state index in [2.05, 4.69) is 0 Å². The van der Waals surface area contributed by atoms with Crippen LogP contribution < -0.4 is 13.8 Å². The number of hydrogen-bond donors (Lipinski definition) is 2. The van der Waals surface area contributed by atoms with Crippen molar-refractivity contribution in [2.24, 2.45) is 0 Å². The number of carbonyl (C=O) groups is 2. The summed E-state index contributed by atoms with van der Waals surface area (Å²) in [6.07, 6.45) is 0. The largest absolute Gasteiger partial charge is 0.506 e. The molecule has 1 aliphatic rings. The van der Waals surface area contributed by atoms with Crippen molar-refractivity contribution in [1.29, 1.82) is 0 Å². The highest BCUT2D eigenvalue weighted by Crippen LogP contribution is 2.39. The molecule has 0 bridgehead atoms. The number of phenols is 1. The number of ether oxygens (including phenoxy) is 2. The molecule has 11 heteroatoms. The van der Waals surface area contributed by atoms with Gasteiger partial charge >= 0.3 is 16.2 Å². The van der Waals surface area contributed by atoms with Gasteiger partial charge in [0.25, 0.3) is 5.91 Å². The van der Waals surface area contributed by atoms with Crippen LogP contribution in [0.2, 0.25) is 0 Å². The molecule has 1 amide bonds. The zero-order valence-electron chi connectivity index (χ0n) is 14.1. The Morgan fingerprint density at radius 2 is 2.11 bits per heavy atom. The van der Waals surface area contributed by atoms with Gasteiger partial charge in [0.15, 0.2) is 12.4 Å². The van der Waals surface area contributed by atoms with E-state index >= 15 is 0 Å². The molecule has 1 aliphatic heterocycles. The average Bonchev–Trinajstić information content (AvgIpc) is 2.86. The third-order valence-corrected chi connectivity index (χ3v) is 5.11. The molecular formula is C16H15FN2O7S. The minimum atomic E-state index is -4.30. The molecule has 2 N–H and O–H groups in total. The normalized spacial score (nSPS) is 15.6. The summed E-state index contributed by atoms with van der Waals surface area (Å²) in [5.41, 5.74) is -0.650. The van der Waals surface area contributed by atoms with E-state index in [-0.39, 0.29) is 29.7 Å². The number of phenolic OH excluding ortho intramolecular Hbond substituents is 1. The average molecular weight is 398 g/mol. The number of aromatic hydroxyl groups is 1. The lowest BCUT2D eigenvalue weighted by Crippen LogP contribution is -2.30. The standard InChI is InChI=1S/C16H15FN2O7S/c1-2-25-14(22)8-26-10-4-3-9-5-12(20)16(15(17)11(9)6-10)19-7-13(21)18-27(19,23)24/h3-6,20H,2,7-8H2,1H3,(H,18,21). The van der Waals surface area contributed by atoms with Gasteiger partial charge in [0.05, 0.1) is 6.61 Å². The van der Waals surface area contributed by atoms with E-state index in [1.165, 1.54) is 24.3 Å². The van der Waals surface area contributed by atoms with Crippen LogP contribution in [-0.4, -0.2) is 45.2 Å². The van der Waals surface area contributed by atoms with E-state index in [0.717, 1.165) is 0 Å². The summed E-state index contributed by atoms with van der Waals surface area (Å²) in [6.45, 7) is 0.791. The fraction of sp³-hybridized carbons (Fsp3) is 0.250. The van der Waals surface area contributed by atoms with Crippen molar-refractivity contribution in [2.75, 3.05) is 24.1 Å². The molecule has 0 radical (unpaired) electrons. The van der Waals surface area contributed by atoms with Crippen LogP contribution in [0, 0.1) is 5.82 Å². The van der Waals surface area contributed by atoms with Crippen molar-refractivity contribution < 1.29 is 37.0 Å². The number of carbonyl (C=O) groups excluding carboxylic acids is 2. The van der Waals surface area contributed by atoms with E-state index in [1.807, 2.05) is 0 Å². The molecule has 0 aliphatic carbocycles. The second-order valence-corrected chi connectivity index (χ2v) is 7.17. The summed E-state index contributed by atoms with van der Waals surface area (Å²) in [7, 11) is -4.30. The number of halogens is 1. The van der Waals surface area contributed by atoms with Gasteiger partial charge in [-0.05, 0) is 30.5 Å². The summed E-state index contributed by atoms with van der Waals surface area (Å²) in [5.74, 6) is -2.99. The van der Waals surface area contributed by atoms with Crippen molar-refractivity contribution in [3.63, 3.8) is 0 Å². The Morgan fingerprint density at radius 3 is 2.74 bits per heavy atom. The van der Waals surface area contributed by atoms with Crippen LogP contribution in [0.5, 0.6) is 11.5 Å². The fourth-order valence-electron chi connectivity index (χ4n) is 2.62. The van der Waals surface area contributed by atoms with Crippen LogP contribution in [0.15, 0.2) is 24.3 Å². The van der Waals surface area contributed by atoms with Gasteiger partial charge in [-0.15, -0.1) is 0 Å². The lowest BCUT2D eigenvalue weighted by Gasteiger charge is -2.18. The maximum absolute atomic E-state index is 15.0. The number of fused-ring (bicyclic) bond motifs is 1. The third-order valence-electron chi connectivity index (χ3n) is 3.74. The monoisotopic (exact) mass is 398 g/mol. The highest BCUT2D eigenvalue weighted by molar-refractivity contribution is 7.92. The minimum Gasteiger partial charge on any atom is -0.506 e. The Bertz CT molecular complexity index is 1040. The predicted octanol–water partition coefficient (Wildman–Crippen LogP) is 0.807. The first-order valence-corrected chi connectivity index (χ1v) is 9.24. The number of benzene rings is 2. The van der Waals surface area contributed by atoms with Gasteiger partial charge < -0.3 is 14.6 Å². The first-order valence-electron chi connectivity index (χ1n) is 7.80. The van der Waals surface area contributed by atoms with Gasteiger partial charge in [-0.25, -0.2) is 18.2 Å². The predicted molar refractivity (Wildman–Crippen MR) is 92.1 cm³/mol. The van der Waals surface area contributed by atoms with Crippen LogP contribution in [-0.2, 0) is 24.5 Å². The SMILES string of the molecule is CCOC(=O)COc1ccc2cc(O)c(N3CC(=O)NS3(=O)=O)c(F)c2c1. The topological polar surface area (TPSA) is 122 Å². The Hall–Kier alpha value is -3.08. The van der Waals surface area contributed by atoms with Crippen LogP contribution in [0.25, 0.3) is 10.8 Å². The van der Waals surface area contributed by atoms with Crippen LogP contribution in [0.3, 0.4) is 0 Å². The molecule has 27 heavy (non-hydrogen) atoms. The van der Waals surface area contributed by atoms with Gasteiger partial charge in [-0.3, -0.25) is 4.79 Å². The van der Waals surface area contributed by atoms with Gasteiger partial charge in [0.1, 0.15) is 23.7 Å². The highest BCUT2D eigenvalue weighted by atomic mass is 32.2. The van der Waals surface area contributed by atoms with Gasteiger partial charge in [0.2, 0.25) is 0 Å². The van der Waals surface area contributed by atoms with E-state index in [0.29, 0.717) is 4.31 Å². The summed E-state index contributed by atoms with van der Waals surface area (Å²) in [5, 5.41) is 10.3. The van der Waals surface area contributed by atoms with Gasteiger partial charge in [-0.2, -0.15) is 8.42 Å². The Kier molecular flexibility index (Phi) is 4.79. The maximum Gasteiger partial charge on any atom is 0.344 e. The molecule has 2 aromatic carbocycles. The second kappa shape index (κ2) is 6.91. The number of hydrogen-bond acceptors (Lipinski definition) is 7. The molecular weight excluding hydrogens is 383 g/mol. The molecule has 1 fully saturated rings. The molecule has 1 saturated heterocycles. The lowest BCUT2D eigenvalue weighted by atomic mass is 10.1. The third kappa shape index (κ3) is 3.58. The molecule has 0 spiro atoms. The van der Waals surface area contributed by atoms with Crippen molar-refractivity contribution in [3.05, 3.63) is 30.1 Å². The van der Waals surface area contributed by atoms with Gasteiger partial charge in [0, 0.05) is 5.39 Å².